The SMILES string of the molecule is CCC(OC(=O)c1ccccc1)C(C)C(CC)(CC)OC(=O)c1ccccc1. The first-order chi connectivity index (χ1) is 13.5. The second-order valence-corrected chi connectivity index (χ2v) is 7.03. The lowest BCUT2D eigenvalue weighted by atomic mass is 9.79. The molecule has 0 aliphatic carbocycles. The Morgan fingerprint density at radius 3 is 1.71 bits per heavy atom. The van der Waals surface area contributed by atoms with Crippen LogP contribution < -0.4 is 0 Å². The molecule has 0 fully saturated rings. The highest BCUT2D eigenvalue weighted by Gasteiger charge is 2.42. The molecule has 0 spiro atoms. The molecule has 0 aliphatic rings. The first kappa shape index (κ1) is 21.7. The molecule has 0 aromatic heterocycles. The molecule has 0 heterocycles. The van der Waals surface area contributed by atoms with Crippen LogP contribution in [0.2, 0.25) is 0 Å². The van der Waals surface area contributed by atoms with E-state index in [4.69, 9.17) is 9.47 Å². The maximum Gasteiger partial charge on any atom is 0.338 e. The summed E-state index contributed by atoms with van der Waals surface area (Å²) in [7, 11) is 0. The minimum atomic E-state index is -0.704. The van der Waals surface area contributed by atoms with Crippen LogP contribution in [-0.4, -0.2) is 23.6 Å². The molecule has 0 aliphatic heterocycles. The number of rotatable bonds is 9. The number of hydrogen-bond acceptors (Lipinski definition) is 4. The molecule has 0 saturated carbocycles. The third-order valence-corrected chi connectivity index (χ3v) is 5.56. The normalized spacial score (nSPS) is 13.4. The summed E-state index contributed by atoms with van der Waals surface area (Å²) in [4.78, 5) is 25.2. The number of carbonyl (C=O) groups is 2. The van der Waals surface area contributed by atoms with E-state index < -0.39 is 5.60 Å². The fraction of sp³-hybridized carbons (Fsp3) is 0.417. The van der Waals surface area contributed by atoms with E-state index in [1.807, 2.05) is 64.1 Å². The predicted molar refractivity (Wildman–Crippen MR) is 110 cm³/mol. The molecule has 2 aromatic rings. The van der Waals surface area contributed by atoms with Crippen molar-refractivity contribution in [2.45, 2.75) is 58.7 Å². The molecular formula is C24H30O4. The van der Waals surface area contributed by atoms with Crippen LogP contribution in [0.5, 0.6) is 0 Å². The van der Waals surface area contributed by atoms with Gasteiger partial charge in [-0.3, -0.25) is 0 Å². The van der Waals surface area contributed by atoms with Crippen molar-refractivity contribution in [2.75, 3.05) is 0 Å². The zero-order valence-electron chi connectivity index (χ0n) is 17.2. The molecule has 2 aromatic carbocycles. The number of hydrogen-bond donors (Lipinski definition) is 0. The van der Waals surface area contributed by atoms with Gasteiger partial charge in [-0.25, -0.2) is 9.59 Å². The van der Waals surface area contributed by atoms with Crippen molar-refractivity contribution in [2.24, 2.45) is 5.92 Å². The van der Waals surface area contributed by atoms with E-state index in [0.29, 0.717) is 30.4 Å². The third-order valence-electron chi connectivity index (χ3n) is 5.56. The number of esters is 2. The zero-order chi connectivity index (χ0) is 20.6. The summed E-state index contributed by atoms with van der Waals surface area (Å²) in [5, 5.41) is 0. The maximum atomic E-state index is 12.7. The highest BCUT2D eigenvalue weighted by Crippen LogP contribution is 2.35. The zero-order valence-corrected chi connectivity index (χ0v) is 17.2. The van der Waals surface area contributed by atoms with Crippen LogP contribution in [0.1, 0.15) is 67.7 Å². The van der Waals surface area contributed by atoms with Gasteiger partial charge in [0.15, 0.2) is 0 Å². The fourth-order valence-corrected chi connectivity index (χ4v) is 3.61. The van der Waals surface area contributed by atoms with Crippen molar-refractivity contribution in [1.82, 2.24) is 0 Å². The molecule has 0 radical (unpaired) electrons. The first-order valence-corrected chi connectivity index (χ1v) is 10.0. The Morgan fingerprint density at radius 2 is 1.29 bits per heavy atom. The fourth-order valence-electron chi connectivity index (χ4n) is 3.61. The smallest absolute Gasteiger partial charge is 0.338 e. The molecule has 2 unspecified atom stereocenters. The second-order valence-electron chi connectivity index (χ2n) is 7.03. The first-order valence-electron chi connectivity index (χ1n) is 10.0. The lowest BCUT2D eigenvalue weighted by molar-refractivity contribution is -0.0903. The van der Waals surface area contributed by atoms with Crippen LogP contribution in [0.3, 0.4) is 0 Å². The topological polar surface area (TPSA) is 52.6 Å². The van der Waals surface area contributed by atoms with Crippen molar-refractivity contribution in [1.29, 1.82) is 0 Å². The van der Waals surface area contributed by atoms with Gasteiger partial charge in [-0.1, -0.05) is 64.1 Å². The van der Waals surface area contributed by atoms with Crippen LogP contribution >= 0.6 is 0 Å². The van der Waals surface area contributed by atoms with E-state index >= 15 is 0 Å². The van der Waals surface area contributed by atoms with Gasteiger partial charge in [0.05, 0.1) is 11.1 Å². The Morgan fingerprint density at radius 1 is 0.821 bits per heavy atom. The molecule has 4 nitrogen and oxygen atoms in total. The minimum Gasteiger partial charge on any atom is -0.458 e. The van der Waals surface area contributed by atoms with Crippen LogP contribution in [0.25, 0.3) is 0 Å². The molecule has 0 amide bonds. The summed E-state index contributed by atoms with van der Waals surface area (Å²) >= 11 is 0. The van der Waals surface area contributed by atoms with Gasteiger partial charge in [-0.2, -0.15) is 0 Å². The maximum absolute atomic E-state index is 12.7. The summed E-state index contributed by atoms with van der Waals surface area (Å²) in [5.74, 6) is -0.844. The van der Waals surface area contributed by atoms with Crippen molar-refractivity contribution in [3.05, 3.63) is 71.8 Å². The lowest BCUT2D eigenvalue weighted by Gasteiger charge is -2.40. The number of ether oxygens (including phenoxy) is 2. The standard InChI is InChI=1S/C24H30O4/c1-5-21(27-22(25)19-14-10-8-11-15-19)18(4)24(6-2,7-3)28-23(26)20-16-12-9-13-17-20/h8-18,21H,5-7H2,1-4H3. The van der Waals surface area contributed by atoms with E-state index in [2.05, 4.69) is 0 Å². The van der Waals surface area contributed by atoms with Crippen LogP contribution in [0, 0.1) is 5.92 Å². The Hall–Kier alpha value is -2.62. The molecule has 0 N–H and O–H groups in total. The van der Waals surface area contributed by atoms with Crippen molar-refractivity contribution >= 4 is 11.9 Å². The van der Waals surface area contributed by atoms with Gasteiger partial charge in [0.25, 0.3) is 0 Å². The summed E-state index contributed by atoms with van der Waals surface area (Å²) in [6.07, 6.45) is 1.58. The van der Waals surface area contributed by atoms with E-state index in [1.165, 1.54) is 0 Å². The summed E-state index contributed by atoms with van der Waals surface area (Å²) in [5.41, 5.74) is 0.341. The Kier molecular flexibility index (Phi) is 7.80. The highest BCUT2D eigenvalue weighted by atomic mass is 16.6. The van der Waals surface area contributed by atoms with Crippen molar-refractivity contribution < 1.29 is 19.1 Å². The summed E-state index contributed by atoms with van der Waals surface area (Å²) < 4.78 is 11.8. The van der Waals surface area contributed by atoms with Crippen molar-refractivity contribution in [3.63, 3.8) is 0 Å². The van der Waals surface area contributed by atoms with E-state index in [0.717, 1.165) is 0 Å². The number of benzene rings is 2. The Bertz CT molecular complexity index is 751. The molecule has 0 saturated heterocycles. The van der Waals surface area contributed by atoms with Crippen LogP contribution in [0.15, 0.2) is 60.7 Å². The molecule has 0 bridgehead atoms. The quantitative estimate of drug-likeness (QED) is 0.524. The van der Waals surface area contributed by atoms with E-state index in [1.54, 1.807) is 24.3 Å². The van der Waals surface area contributed by atoms with Gasteiger partial charge >= 0.3 is 11.9 Å². The Balaban J connectivity index is 2.19. The number of carbonyl (C=O) groups excluding carboxylic acids is 2. The van der Waals surface area contributed by atoms with Crippen molar-refractivity contribution in [3.8, 4) is 0 Å². The van der Waals surface area contributed by atoms with Gasteiger partial charge in [0.1, 0.15) is 11.7 Å². The van der Waals surface area contributed by atoms with Gasteiger partial charge in [0.2, 0.25) is 0 Å². The molecule has 28 heavy (non-hydrogen) atoms. The highest BCUT2D eigenvalue weighted by molar-refractivity contribution is 5.90. The Labute approximate surface area is 167 Å². The van der Waals surface area contributed by atoms with Crippen LogP contribution in [-0.2, 0) is 9.47 Å². The molecule has 150 valence electrons. The van der Waals surface area contributed by atoms with Gasteiger partial charge in [-0.15, -0.1) is 0 Å². The predicted octanol–water partition coefficient (Wildman–Crippen LogP) is 5.67. The lowest BCUT2D eigenvalue weighted by Crippen LogP contribution is -2.46. The van der Waals surface area contributed by atoms with E-state index in [-0.39, 0.29) is 24.0 Å². The third kappa shape index (κ3) is 5.00. The molecule has 4 heteroatoms. The average molecular weight is 383 g/mol. The summed E-state index contributed by atoms with van der Waals surface area (Å²) in [6.45, 7) is 7.99. The molecular weight excluding hydrogens is 352 g/mol. The largest absolute Gasteiger partial charge is 0.458 e. The average Bonchev–Trinajstić information content (AvgIpc) is 2.76. The van der Waals surface area contributed by atoms with E-state index in [9.17, 15) is 9.59 Å². The van der Waals surface area contributed by atoms with Crippen LogP contribution in [0.4, 0.5) is 0 Å². The van der Waals surface area contributed by atoms with Gasteiger partial charge < -0.3 is 9.47 Å². The van der Waals surface area contributed by atoms with Gasteiger partial charge in [-0.05, 0) is 43.5 Å². The second kappa shape index (κ2) is 10.1. The summed E-state index contributed by atoms with van der Waals surface area (Å²) in [6, 6.07) is 17.9. The molecule has 2 atom stereocenters. The minimum absolute atomic E-state index is 0.146. The molecule has 2 rings (SSSR count). The van der Waals surface area contributed by atoms with Gasteiger partial charge in [0, 0.05) is 5.92 Å². The monoisotopic (exact) mass is 382 g/mol.